The van der Waals surface area contributed by atoms with Gasteiger partial charge in [-0.25, -0.2) is 13.1 Å². The summed E-state index contributed by atoms with van der Waals surface area (Å²) in [6.07, 6.45) is 0. The van der Waals surface area contributed by atoms with E-state index in [1.165, 1.54) is 12.1 Å². The molecule has 1 aliphatic heterocycles. The van der Waals surface area contributed by atoms with Gasteiger partial charge < -0.3 is 9.31 Å². The van der Waals surface area contributed by atoms with Crippen molar-refractivity contribution in [3.05, 3.63) is 58.1 Å². The lowest BCUT2D eigenvalue weighted by molar-refractivity contribution is 0.00578. The van der Waals surface area contributed by atoms with E-state index in [0.717, 1.165) is 11.0 Å². The predicted octanol–water partition coefficient (Wildman–Crippen LogP) is 3.77. The number of hydrogen-bond acceptors (Lipinski definition) is 4. The van der Waals surface area contributed by atoms with Crippen LogP contribution in [-0.4, -0.2) is 26.7 Å². The van der Waals surface area contributed by atoms with Crippen LogP contribution in [0.4, 0.5) is 0 Å². The first-order valence-electron chi connectivity index (χ1n) is 8.81. The molecule has 0 amide bonds. The summed E-state index contributed by atoms with van der Waals surface area (Å²) >= 11 is 11.9. The molecule has 0 atom stereocenters. The van der Waals surface area contributed by atoms with E-state index in [2.05, 4.69) is 4.72 Å². The Morgan fingerprint density at radius 1 is 0.964 bits per heavy atom. The Hall–Kier alpha value is -1.09. The molecule has 1 heterocycles. The highest BCUT2D eigenvalue weighted by atomic mass is 35.5. The van der Waals surface area contributed by atoms with E-state index in [1.54, 1.807) is 6.07 Å². The Labute approximate surface area is 176 Å². The van der Waals surface area contributed by atoms with E-state index in [4.69, 9.17) is 32.5 Å². The summed E-state index contributed by atoms with van der Waals surface area (Å²) in [6, 6.07) is 11.9. The molecule has 1 fully saturated rings. The summed E-state index contributed by atoms with van der Waals surface area (Å²) in [4.78, 5) is -0.0458. The average molecular weight is 442 g/mol. The third-order valence-electron chi connectivity index (χ3n) is 5.18. The van der Waals surface area contributed by atoms with Crippen LogP contribution in [0.1, 0.15) is 33.3 Å². The highest BCUT2D eigenvalue weighted by Crippen LogP contribution is 2.36. The second-order valence-corrected chi connectivity index (χ2v) is 10.2. The molecule has 1 N–H and O–H groups in total. The molecule has 3 rings (SSSR count). The number of rotatable bonds is 5. The highest BCUT2D eigenvalue weighted by Gasteiger charge is 2.51. The lowest BCUT2D eigenvalue weighted by Gasteiger charge is -2.32. The van der Waals surface area contributed by atoms with Crippen molar-refractivity contribution in [1.82, 2.24) is 4.72 Å². The van der Waals surface area contributed by atoms with Crippen LogP contribution in [0.2, 0.25) is 10.0 Å². The molecule has 0 saturated carbocycles. The van der Waals surface area contributed by atoms with Crippen LogP contribution in [-0.2, 0) is 25.9 Å². The summed E-state index contributed by atoms with van der Waals surface area (Å²) in [5.74, 6) is 0. The van der Waals surface area contributed by atoms with Crippen LogP contribution in [0.5, 0.6) is 0 Å². The van der Waals surface area contributed by atoms with Gasteiger partial charge in [0.2, 0.25) is 10.0 Å². The maximum atomic E-state index is 12.5. The second-order valence-electron chi connectivity index (χ2n) is 7.71. The smallest absolute Gasteiger partial charge is 0.399 e. The predicted molar refractivity (Wildman–Crippen MR) is 113 cm³/mol. The Morgan fingerprint density at radius 3 is 2.11 bits per heavy atom. The van der Waals surface area contributed by atoms with Crippen LogP contribution < -0.4 is 10.2 Å². The van der Waals surface area contributed by atoms with Gasteiger partial charge in [0.1, 0.15) is 4.90 Å². The van der Waals surface area contributed by atoms with Crippen molar-refractivity contribution >= 4 is 45.8 Å². The van der Waals surface area contributed by atoms with E-state index in [1.807, 2.05) is 52.0 Å². The monoisotopic (exact) mass is 441 g/mol. The minimum Gasteiger partial charge on any atom is -0.399 e. The maximum absolute atomic E-state index is 12.5. The van der Waals surface area contributed by atoms with Crippen molar-refractivity contribution in [2.24, 2.45) is 0 Å². The molecule has 0 radical (unpaired) electrons. The van der Waals surface area contributed by atoms with Gasteiger partial charge in [-0.3, -0.25) is 0 Å². The first kappa shape index (κ1) is 21.6. The molecule has 0 aliphatic carbocycles. The van der Waals surface area contributed by atoms with Crippen molar-refractivity contribution in [2.45, 2.75) is 50.3 Å². The zero-order valence-corrected chi connectivity index (χ0v) is 18.5. The van der Waals surface area contributed by atoms with E-state index >= 15 is 0 Å². The van der Waals surface area contributed by atoms with E-state index in [0.29, 0.717) is 0 Å². The summed E-state index contributed by atoms with van der Waals surface area (Å²) in [5.41, 5.74) is 0.842. The molecule has 0 bridgehead atoms. The van der Waals surface area contributed by atoms with E-state index in [9.17, 15) is 8.42 Å². The number of benzene rings is 2. The van der Waals surface area contributed by atoms with Crippen molar-refractivity contribution in [3.8, 4) is 0 Å². The van der Waals surface area contributed by atoms with Gasteiger partial charge in [-0.15, -0.1) is 0 Å². The van der Waals surface area contributed by atoms with Crippen molar-refractivity contribution < 1.29 is 17.7 Å². The number of nitrogens with one attached hydrogen (secondary N) is 1. The lowest BCUT2D eigenvalue weighted by atomic mass is 9.79. The molecule has 0 unspecified atom stereocenters. The van der Waals surface area contributed by atoms with Crippen LogP contribution >= 0.6 is 23.2 Å². The fourth-order valence-corrected chi connectivity index (χ4v) is 4.50. The van der Waals surface area contributed by atoms with Crippen LogP contribution in [0.15, 0.2) is 47.4 Å². The first-order valence-corrected chi connectivity index (χ1v) is 11.0. The Morgan fingerprint density at radius 2 is 1.54 bits per heavy atom. The number of hydrogen-bond donors (Lipinski definition) is 1. The van der Waals surface area contributed by atoms with Gasteiger partial charge in [0.25, 0.3) is 0 Å². The third-order valence-corrected chi connectivity index (χ3v) is 7.55. The van der Waals surface area contributed by atoms with Crippen LogP contribution in [0.3, 0.4) is 0 Å². The average Bonchev–Trinajstić information content (AvgIpc) is 2.83. The van der Waals surface area contributed by atoms with Crippen molar-refractivity contribution in [1.29, 1.82) is 0 Å². The molecule has 5 nitrogen and oxygen atoms in total. The van der Waals surface area contributed by atoms with Gasteiger partial charge in [0.05, 0.1) is 21.2 Å². The van der Waals surface area contributed by atoms with Gasteiger partial charge in [0, 0.05) is 6.54 Å². The Balaban J connectivity index is 1.69. The standard InChI is InChI=1S/C19H22BCl2NO4S/c1-18(2)19(3,4)27-20(26-18)14-10-8-13(9-11-14)12-23-28(24,25)16-7-5-6-15(21)17(16)22/h5-11,23H,12H2,1-4H3. The fourth-order valence-electron chi connectivity index (χ4n) is 2.72. The van der Waals surface area contributed by atoms with Gasteiger partial charge in [-0.1, -0.05) is 53.5 Å². The molecule has 1 aliphatic rings. The van der Waals surface area contributed by atoms with Crippen LogP contribution in [0.25, 0.3) is 0 Å². The molecule has 0 spiro atoms. The molecule has 28 heavy (non-hydrogen) atoms. The lowest BCUT2D eigenvalue weighted by Crippen LogP contribution is -2.41. The molecule has 1 saturated heterocycles. The van der Waals surface area contributed by atoms with Crippen molar-refractivity contribution in [2.75, 3.05) is 0 Å². The summed E-state index contributed by atoms with van der Waals surface area (Å²) in [6.45, 7) is 8.11. The first-order chi connectivity index (χ1) is 12.9. The topological polar surface area (TPSA) is 64.6 Å². The largest absolute Gasteiger partial charge is 0.494 e. The molecular formula is C19H22BCl2NO4S. The normalized spacial score (nSPS) is 18.4. The Kier molecular flexibility index (Phi) is 5.89. The van der Waals surface area contributed by atoms with Crippen LogP contribution in [0, 0.1) is 0 Å². The zero-order valence-electron chi connectivity index (χ0n) is 16.1. The van der Waals surface area contributed by atoms with Gasteiger partial charge in [-0.05, 0) is 50.9 Å². The SMILES string of the molecule is CC1(C)OB(c2ccc(CNS(=O)(=O)c3cccc(Cl)c3Cl)cc2)OC1(C)C. The molecule has 9 heteroatoms. The quantitative estimate of drug-likeness (QED) is 0.717. The number of halogens is 2. The minimum atomic E-state index is -3.78. The number of sulfonamides is 1. The Bertz CT molecular complexity index is 962. The molecule has 2 aromatic carbocycles. The van der Waals surface area contributed by atoms with Gasteiger partial charge in [-0.2, -0.15) is 0 Å². The third kappa shape index (κ3) is 4.25. The second kappa shape index (κ2) is 7.63. The van der Waals surface area contributed by atoms with Crippen molar-refractivity contribution in [3.63, 3.8) is 0 Å². The molecule has 0 aromatic heterocycles. The van der Waals surface area contributed by atoms with E-state index in [-0.39, 0.29) is 21.5 Å². The fraction of sp³-hybridized carbons (Fsp3) is 0.368. The maximum Gasteiger partial charge on any atom is 0.494 e. The van der Waals surface area contributed by atoms with Gasteiger partial charge in [0.15, 0.2) is 0 Å². The molecule has 2 aromatic rings. The summed E-state index contributed by atoms with van der Waals surface area (Å²) < 4.78 is 39.6. The van der Waals surface area contributed by atoms with Gasteiger partial charge >= 0.3 is 7.12 Å². The van der Waals surface area contributed by atoms with E-state index < -0.39 is 28.3 Å². The zero-order chi connectivity index (χ0) is 20.7. The summed E-state index contributed by atoms with van der Waals surface area (Å²) in [5, 5.41) is 0.198. The summed E-state index contributed by atoms with van der Waals surface area (Å²) in [7, 11) is -4.24. The minimum absolute atomic E-state index is 0.00720. The highest BCUT2D eigenvalue weighted by molar-refractivity contribution is 7.89. The molecular weight excluding hydrogens is 420 g/mol. The molecule has 150 valence electrons.